The van der Waals surface area contributed by atoms with E-state index in [1.807, 2.05) is 18.2 Å². The molecular formula is C21H17Cl2FN2O4S. The monoisotopic (exact) mass is 482 g/mol. The molecule has 0 fully saturated rings. The Balaban J connectivity index is 1.59. The van der Waals surface area contributed by atoms with Gasteiger partial charge in [-0.25, -0.2) is 17.5 Å². The van der Waals surface area contributed by atoms with Crippen LogP contribution in [0.15, 0.2) is 71.6 Å². The Morgan fingerprint density at radius 1 is 0.968 bits per heavy atom. The van der Waals surface area contributed by atoms with E-state index in [0.717, 1.165) is 11.6 Å². The second-order valence-corrected chi connectivity index (χ2v) is 8.95. The minimum absolute atomic E-state index is 0.0280. The lowest BCUT2D eigenvalue weighted by Crippen LogP contribution is -2.23. The first kappa shape index (κ1) is 23.0. The van der Waals surface area contributed by atoms with Crippen molar-refractivity contribution in [2.75, 3.05) is 11.9 Å². The van der Waals surface area contributed by atoms with Crippen LogP contribution in [0.25, 0.3) is 0 Å². The maximum atomic E-state index is 13.2. The van der Waals surface area contributed by atoms with Crippen molar-refractivity contribution in [2.45, 2.75) is 11.4 Å². The number of rotatable bonds is 8. The highest BCUT2D eigenvalue weighted by Gasteiger charge is 2.16. The molecule has 162 valence electrons. The molecule has 0 unspecified atom stereocenters. The van der Waals surface area contributed by atoms with E-state index >= 15 is 0 Å². The van der Waals surface area contributed by atoms with Gasteiger partial charge < -0.3 is 10.1 Å². The van der Waals surface area contributed by atoms with Crippen LogP contribution in [0, 0.1) is 5.82 Å². The molecule has 0 radical (unpaired) electrons. The summed E-state index contributed by atoms with van der Waals surface area (Å²) in [6, 6.07) is 16.7. The highest BCUT2D eigenvalue weighted by atomic mass is 35.5. The molecule has 1 amide bonds. The average molecular weight is 483 g/mol. The lowest BCUT2D eigenvalue weighted by atomic mass is 10.2. The van der Waals surface area contributed by atoms with Crippen LogP contribution in [-0.2, 0) is 21.4 Å². The van der Waals surface area contributed by atoms with Gasteiger partial charge in [0.1, 0.15) is 11.6 Å². The first-order chi connectivity index (χ1) is 14.7. The molecule has 0 aliphatic heterocycles. The molecule has 3 aromatic carbocycles. The lowest BCUT2D eigenvalue weighted by molar-refractivity contribution is -0.118. The minimum atomic E-state index is -3.79. The van der Waals surface area contributed by atoms with Crippen molar-refractivity contribution in [3.05, 3.63) is 88.2 Å². The van der Waals surface area contributed by atoms with Crippen molar-refractivity contribution in [3.8, 4) is 5.75 Å². The van der Waals surface area contributed by atoms with Crippen LogP contribution in [0.4, 0.5) is 10.1 Å². The Labute approximate surface area is 189 Å². The third kappa shape index (κ3) is 6.41. The largest absolute Gasteiger partial charge is 0.482 e. The van der Waals surface area contributed by atoms with E-state index in [0.29, 0.717) is 5.69 Å². The van der Waals surface area contributed by atoms with E-state index in [2.05, 4.69) is 10.0 Å². The van der Waals surface area contributed by atoms with Crippen LogP contribution in [-0.4, -0.2) is 20.9 Å². The maximum Gasteiger partial charge on any atom is 0.262 e. The summed E-state index contributed by atoms with van der Waals surface area (Å²) in [5.74, 6) is -0.994. The third-order valence-electron chi connectivity index (χ3n) is 4.08. The number of halogens is 3. The summed E-state index contributed by atoms with van der Waals surface area (Å²) in [5, 5.41) is 2.41. The van der Waals surface area contributed by atoms with Gasteiger partial charge in [0.2, 0.25) is 10.0 Å². The van der Waals surface area contributed by atoms with Gasteiger partial charge in [0, 0.05) is 12.2 Å². The maximum absolute atomic E-state index is 13.2. The van der Waals surface area contributed by atoms with Gasteiger partial charge in [-0.05, 0) is 42.0 Å². The highest BCUT2D eigenvalue weighted by molar-refractivity contribution is 7.89. The number of sulfonamides is 1. The second-order valence-electron chi connectivity index (χ2n) is 6.37. The molecule has 3 rings (SSSR count). The minimum Gasteiger partial charge on any atom is -0.482 e. The van der Waals surface area contributed by atoms with Crippen LogP contribution in [0.1, 0.15) is 5.56 Å². The molecule has 0 saturated carbocycles. The number of anilines is 1. The van der Waals surface area contributed by atoms with Crippen LogP contribution >= 0.6 is 23.2 Å². The summed E-state index contributed by atoms with van der Waals surface area (Å²) >= 11 is 11.8. The average Bonchev–Trinajstić information content (AvgIpc) is 2.75. The van der Waals surface area contributed by atoms with Gasteiger partial charge in [0.15, 0.2) is 6.61 Å². The summed E-state index contributed by atoms with van der Waals surface area (Å²) in [5.41, 5.74) is 1.11. The van der Waals surface area contributed by atoms with Gasteiger partial charge in [0.25, 0.3) is 5.91 Å². The van der Waals surface area contributed by atoms with E-state index in [1.54, 1.807) is 12.1 Å². The van der Waals surface area contributed by atoms with Crippen LogP contribution in [0.2, 0.25) is 10.0 Å². The quantitative estimate of drug-likeness (QED) is 0.490. The fourth-order valence-corrected chi connectivity index (χ4v) is 4.06. The molecule has 10 heteroatoms. The molecular weight excluding hydrogens is 466 g/mol. The predicted octanol–water partition coefficient (Wildman–Crippen LogP) is 4.63. The van der Waals surface area contributed by atoms with E-state index < -0.39 is 28.4 Å². The molecule has 0 aliphatic rings. The number of nitrogens with one attached hydrogen (secondary N) is 2. The molecule has 6 nitrogen and oxygen atoms in total. The fraction of sp³-hybridized carbons (Fsp3) is 0.0952. The lowest BCUT2D eigenvalue weighted by Gasteiger charge is -2.11. The van der Waals surface area contributed by atoms with Gasteiger partial charge in [0.05, 0.1) is 14.9 Å². The molecule has 0 saturated heterocycles. The first-order valence-corrected chi connectivity index (χ1v) is 11.2. The Bertz CT molecular complexity index is 1190. The number of ether oxygens (including phenoxy) is 1. The summed E-state index contributed by atoms with van der Waals surface area (Å²) in [6.07, 6.45) is 0. The summed E-state index contributed by atoms with van der Waals surface area (Å²) in [4.78, 5) is 12.0. The van der Waals surface area contributed by atoms with Crippen molar-refractivity contribution >= 4 is 44.8 Å². The van der Waals surface area contributed by atoms with E-state index in [9.17, 15) is 17.6 Å². The number of carbonyl (C=O) groups is 1. The molecule has 3 aromatic rings. The zero-order valence-electron chi connectivity index (χ0n) is 15.9. The van der Waals surface area contributed by atoms with E-state index in [4.69, 9.17) is 27.9 Å². The fourth-order valence-electron chi connectivity index (χ4n) is 2.54. The SMILES string of the molecule is O=C(COc1ccc(S(=O)(=O)NCc2ccccc2)cc1Cl)Nc1ccc(F)c(Cl)c1. The van der Waals surface area contributed by atoms with Gasteiger partial charge in [-0.3, -0.25) is 4.79 Å². The number of carbonyl (C=O) groups excluding carboxylic acids is 1. The van der Waals surface area contributed by atoms with Gasteiger partial charge in [-0.2, -0.15) is 0 Å². The standard InChI is InChI=1S/C21H17Cl2FN2O4S/c22-17-10-15(6-8-19(17)24)26-21(27)13-30-20-9-7-16(11-18(20)23)31(28,29)25-12-14-4-2-1-3-5-14/h1-11,25H,12-13H2,(H,26,27). The van der Waals surface area contributed by atoms with Crippen LogP contribution < -0.4 is 14.8 Å². The Hall–Kier alpha value is -2.65. The zero-order chi connectivity index (χ0) is 22.4. The van der Waals surface area contributed by atoms with E-state index in [1.165, 1.54) is 30.3 Å². The van der Waals surface area contributed by atoms with Crippen molar-refractivity contribution in [1.82, 2.24) is 4.72 Å². The first-order valence-electron chi connectivity index (χ1n) is 8.95. The van der Waals surface area contributed by atoms with Crippen molar-refractivity contribution in [2.24, 2.45) is 0 Å². The topological polar surface area (TPSA) is 84.5 Å². The summed E-state index contributed by atoms with van der Waals surface area (Å²) in [7, 11) is -3.79. The molecule has 31 heavy (non-hydrogen) atoms. The number of amides is 1. The van der Waals surface area contributed by atoms with Gasteiger partial charge in [-0.15, -0.1) is 0 Å². The van der Waals surface area contributed by atoms with Crippen molar-refractivity contribution in [1.29, 1.82) is 0 Å². The Morgan fingerprint density at radius 3 is 2.39 bits per heavy atom. The van der Waals surface area contributed by atoms with Crippen molar-refractivity contribution < 1.29 is 22.3 Å². The normalized spacial score (nSPS) is 11.2. The number of hydrogen-bond acceptors (Lipinski definition) is 4. The molecule has 0 heterocycles. The third-order valence-corrected chi connectivity index (χ3v) is 6.07. The molecule has 0 atom stereocenters. The van der Waals surface area contributed by atoms with Crippen LogP contribution in [0.5, 0.6) is 5.75 Å². The zero-order valence-corrected chi connectivity index (χ0v) is 18.3. The molecule has 0 spiro atoms. The van der Waals surface area contributed by atoms with Crippen LogP contribution in [0.3, 0.4) is 0 Å². The highest BCUT2D eigenvalue weighted by Crippen LogP contribution is 2.27. The van der Waals surface area contributed by atoms with Crippen molar-refractivity contribution in [3.63, 3.8) is 0 Å². The Morgan fingerprint density at radius 2 is 1.71 bits per heavy atom. The summed E-state index contributed by atoms with van der Waals surface area (Å²) < 4.78 is 46.0. The molecule has 0 bridgehead atoms. The van der Waals surface area contributed by atoms with Gasteiger partial charge in [-0.1, -0.05) is 53.5 Å². The summed E-state index contributed by atoms with van der Waals surface area (Å²) in [6.45, 7) is -0.264. The molecule has 0 aromatic heterocycles. The molecule has 0 aliphatic carbocycles. The molecule has 2 N–H and O–H groups in total. The number of hydrogen-bond donors (Lipinski definition) is 2. The Kier molecular flexibility index (Phi) is 7.50. The number of benzene rings is 3. The second kappa shape index (κ2) is 10.1. The van der Waals surface area contributed by atoms with Gasteiger partial charge >= 0.3 is 0 Å². The van der Waals surface area contributed by atoms with E-state index in [-0.39, 0.29) is 27.2 Å². The predicted molar refractivity (Wildman–Crippen MR) is 117 cm³/mol. The smallest absolute Gasteiger partial charge is 0.262 e.